The molecule has 0 bridgehead atoms. The van der Waals surface area contributed by atoms with E-state index in [1.807, 2.05) is 18.2 Å². The van der Waals surface area contributed by atoms with Crippen molar-refractivity contribution in [3.8, 4) is 0 Å². The number of nitrogen functional groups attached to an aromatic ring is 1. The minimum Gasteiger partial charge on any atom is -0.480 e. The van der Waals surface area contributed by atoms with E-state index in [4.69, 9.17) is 5.73 Å². The smallest absolute Gasteiger partial charge is 0.328 e. The van der Waals surface area contributed by atoms with Gasteiger partial charge < -0.3 is 10.8 Å². The van der Waals surface area contributed by atoms with E-state index < -0.39 is 12.0 Å². The van der Waals surface area contributed by atoms with E-state index in [1.165, 1.54) is 4.68 Å². The first-order valence-corrected chi connectivity index (χ1v) is 6.02. The van der Waals surface area contributed by atoms with Gasteiger partial charge in [-0.25, -0.2) is 9.48 Å². The normalized spacial score (nSPS) is 21.9. The Morgan fingerprint density at radius 3 is 2.95 bits per heavy atom. The van der Waals surface area contributed by atoms with Crippen LogP contribution in [0.25, 0.3) is 0 Å². The Bertz CT molecular complexity index is 610. The Morgan fingerprint density at radius 1 is 1.42 bits per heavy atom. The molecule has 0 fully saturated rings. The third-order valence-corrected chi connectivity index (χ3v) is 3.34. The summed E-state index contributed by atoms with van der Waals surface area (Å²) in [6, 6.07) is 4.95. The first-order valence-electron chi connectivity index (χ1n) is 6.02. The van der Waals surface area contributed by atoms with E-state index in [-0.39, 0.29) is 11.9 Å². The van der Waals surface area contributed by atoms with E-state index in [2.05, 4.69) is 15.1 Å². The molecule has 1 aliphatic rings. The van der Waals surface area contributed by atoms with Gasteiger partial charge in [0.15, 0.2) is 6.04 Å². The summed E-state index contributed by atoms with van der Waals surface area (Å²) in [6.07, 6.45) is 2.88. The SMILES string of the molecule is Nc1nc2n(n1)C(C(=O)O)CCC2c1ccccn1. The van der Waals surface area contributed by atoms with Crippen molar-refractivity contribution in [3.63, 3.8) is 0 Å². The van der Waals surface area contributed by atoms with E-state index in [9.17, 15) is 9.90 Å². The van der Waals surface area contributed by atoms with Gasteiger partial charge in [0, 0.05) is 6.20 Å². The molecule has 2 aromatic rings. The number of carbonyl (C=O) groups is 1. The summed E-state index contributed by atoms with van der Waals surface area (Å²) in [5.41, 5.74) is 6.47. The fourth-order valence-electron chi connectivity index (χ4n) is 2.49. The molecule has 2 atom stereocenters. The van der Waals surface area contributed by atoms with Crippen LogP contribution in [0.15, 0.2) is 24.4 Å². The number of carboxylic acid groups (broad SMARTS) is 1. The standard InChI is InChI=1S/C12H13N5O2/c13-12-15-10-7(8-3-1-2-6-14-8)4-5-9(11(18)19)17(10)16-12/h1-3,6-7,9H,4-5H2,(H2,13,16)(H,18,19). The lowest BCUT2D eigenvalue weighted by atomic mass is 9.91. The van der Waals surface area contributed by atoms with Gasteiger partial charge in [-0.2, -0.15) is 4.98 Å². The lowest BCUT2D eigenvalue weighted by molar-refractivity contribution is -0.141. The average molecular weight is 259 g/mol. The van der Waals surface area contributed by atoms with Crippen molar-refractivity contribution in [2.45, 2.75) is 24.8 Å². The Morgan fingerprint density at radius 2 is 2.26 bits per heavy atom. The second-order valence-corrected chi connectivity index (χ2v) is 4.51. The average Bonchev–Trinajstić information content (AvgIpc) is 2.79. The quantitative estimate of drug-likeness (QED) is 0.826. The second kappa shape index (κ2) is 4.34. The predicted molar refractivity (Wildman–Crippen MR) is 66.4 cm³/mol. The second-order valence-electron chi connectivity index (χ2n) is 4.51. The molecule has 98 valence electrons. The van der Waals surface area contributed by atoms with Crippen LogP contribution in [0.2, 0.25) is 0 Å². The number of aliphatic carboxylic acids is 1. The molecule has 3 N–H and O–H groups in total. The lowest BCUT2D eigenvalue weighted by Crippen LogP contribution is -2.29. The highest BCUT2D eigenvalue weighted by Gasteiger charge is 2.35. The molecule has 0 amide bonds. The number of carboxylic acids is 1. The molecule has 0 aromatic carbocycles. The molecular formula is C12H13N5O2. The van der Waals surface area contributed by atoms with Gasteiger partial charge in [-0.05, 0) is 25.0 Å². The molecule has 3 rings (SSSR count). The summed E-state index contributed by atoms with van der Waals surface area (Å²) in [4.78, 5) is 19.7. The molecule has 0 aliphatic carbocycles. The molecule has 2 unspecified atom stereocenters. The van der Waals surface area contributed by atoms with Crippen LogP contribution in [0.1, 0.15) is 36.3 Å². The predicted octanol–water partition coefficient (Wildman–Crippen LogP) is 0.807. The van der Waals surface area contributed by atoms with Crippen molar-refractivity contribution in [2.24, 2.45) is 0 Å². The minimum atomic E-state index is -0.911. The van der Waals surface area contributed by atoms with Crippen molar-refractivity contribution < 1.29 is 9.90 Å². The topological polar surface area (TPSA) is 107 Å². The Balaban J connectivity index is 2.06. The fourth-order valence-corrected chi connectivity index (χ4v) is 2.49. The third kappa shape index (κ3) is 1.92. The minimum absolute atomic E-state index is 0.0541. The zero-order valence-electron chi connectivity index (χ0n) is 10.1. The van der Waals surface area contributed by atoms with Crippen LogP contribution in [0.5, 0.6) is 0 Å². The van der Waals surface area contributed by atoms with Crippen molar-refractivity contribution in [1.29, 1.82) is 0 Å². The molecule has 0 saturated carbocycles. The van der Waals surface area contributed by atoms with E-state index in [0.29, 0.717) is 18.7 Å². The highest BCUT2D eigenvalue weighted by atomic mass is 16.4. The highest BCUT2D eigenvalue weighted by molar-refractivity contribution is 5.72. The van der Waals surface area contributed by atoms with Crippen LogP contribution >= 0.6 is 0 Å². The van der Waals surface area contributed by atoms with Crippen molar-refractivity contribution in [2.75, 3.05) is 5.73 Å². The van der Waals surface area contributed by atoms with Gasteiger partial charge in [-0.15, -0.1) is 5.10 Å². The van der Waals surface area contributed by atoms with Gasteiger partial charge in [0.05, 0.1) is 11.6 Å². The molecule has 3 heterocycles. The van der Waals surface area contributed by atoms with Gasteiger partial charge in [0.25, 0.3) is 0 Å². The maximum Gasteiger partial charge on any atom is 0.328 e. The number of fused-ring (bicyclic) bond motifs is 1. The first-order chi connectivity index (χ1) is 9.16. The van der Waals surface area contributed by atoms with E-state index in [1.54, 1.807) is 6.20 Å². The number of hydrogen-bond donors (Lipinski definition) is 2. The van der Waals surface area contributed by atoms with E-state index in [0.717, 1.165) is 5.69 Å². The van der Waals surface area contributed by atoms with Crippen LogP contribution < -0.4 is 5.73 Å². The molecule has 0 spiro atoms. The van der Waals surface area contributed by atoms with Crippen LogP contribution in [-0.4, -0.2) is 30.8 Å². The number of hydrogen-bond acceptors (Lipinski definition) is 5. The number of rotatable bonds is 2. The van der Waals surface area contributed by atoms with Crippen molar-refractivity contribution in [1.82, 2.24) is 19.7 Å². The maximum atomic E-state index is 11.2. The summed E-state index contributed by atoms with van der Waals surface area (Å²) in [6.45, 7) is 0. The number of aromatic nitrogens is 4. The molecule has 7 nitrogen and oxygen atoms in total. The Hall–Kier alpha value is -2.44. The highest BCUT2D eigenvalue weighted by Crippen LogP contribution is 2.36. The monoisotopic (exact) mass is 259 g/mol. The lowest BCUT2D eigenvalue weighted by Gasteiger charge is -2.26. The third-order valence-electron chi connectivity index (χ3n) is 3.34. The Kier molecular flexibility index (Phi) is 2.66. The molecular weight excluding hydrogens is 246 g/mol. The summed E-state index contributed by atoms with van der Waals surface area (Å²) in [5.74, 6) is -0.286. The molecule has 0 saturated heterocycles. The fraction of sp³-hybridized carbons (Fsp3) is 0.333. The van der Waals surface area contributed by atoms with Crippen LogP contribution in [0.3, 0.4) is 0 Å². The molecule has 19 heavy (non-hydrogen) atoms. The zero-order valence-corrected chi connectivity index (χ0v) is 10.1. The van der Waals surface area contributed by atoms with Crippen LogP contribution in [0.4, 0.5) is 5.95 Å². The van der Waals surface area contributed by atoms with Gasteiger partial charge >= 0.3 is 5.97 Å². The summed E-state index contributed by atoms with van der Waals surface area (Å²) < 4.78 is 1.42. The molecule has 0 radical (unpaired) electrons. The number of nitrogens with two attached hydrogens (primary N) is 1. The summed E-state index contributed by atoms with van der Waals surface area (Å²) >= 11 is 0. The van der Waals surface area contributed by atoms with Crippen LogP contribution in [-0.2, 0) is 4.79 Å². The van der Waals surface area contributed by atoms with Gasteiger partial charge in [0.2, 0.25) is 5.95 Å². The number of pyridine rings is 1. The number of anilines is 1. The Labute approximate surface area is 109 Å². The molecule has 2 aromatic heterocycles. The summed E-state index contributed by atoms with van der Waals surface area (Å²) in [5, 5.41) is 13.2. The number of nitrogens with zero attached hydrogens (tertiary/aromatic N) is 4. The van der Waals surface area contributed by atoms with Crippen molar-refractivity contribution in [3.05, 3.63) is 35.9 Å². The van der Waals surface area contributed by atoms with Gasteiger partial charge in [-0.3, -0.25) is 4.98 Å². The van der Waals surface area contributed by atoms with Gasteiger partial charge in [-0.1, -0.05) is 6.07 Å². The molecule has 7 heteroatoms. The van der Waals surface area contributed by atoms with Gasteiger partial charge in [0.1, 0.15) is 5.82 Å². The van der Waals surface area contributed by atoms with Crippen molar-refractivity contribution >= 4 is 11.9 Å². The zero-order chi connectivity index (χ0) is 13.4. The maximum absolute atomic E-state index is 11.2. The molecule has 1 aliphatic heterocycles. The van der Waals surface area contributed by atoms with E-state index >= 15 is 0 Å². The van der Waals surface area contributed by atoms with Crippen LogP contribution in [0, 0.1) is 0 Å². The first kappa shape index (κ1) is 11.6. The summed E-state index contributed by atoms with van der Waals surface area (Å²) in [7, 11) is 0. The largest absolute Gasteiger partial charge is 0.480 e.